The van der Waals surface area contributed by atoms with Crippen LogP contribution in [0.4, 0.5) is 11.4 Å². The predicted octanol–water partition coefficient (Wildman–Crippen LogP) is 3.83. The molecule has 0 heterocycles. The lowest BCUT2D eigenvalue weighted by atomic mass is 10.2. The van der Waals surface area contributed by atoms with Gasteiger partial charge in [-0.1, -0.05) is 34.1 Å². The van der Waals surface area contributed by atoms with Crippen LogP contribution in [-0.2, 0) is 9.59 Å². The van der Waals surface area contributed by atoms with Gasteiger partial charge in [-0.15, -0.1) is 0 Å². The molecule has 4 nitrogen and oxygen atoms in total. The minimum Gasteiger partial charge on any atom is -0.326 e. The Morgan fingerprint density at radius 2 is 1.68 bits per heavy atom. The summed E-state index contributed by atoms with van der Waals surface area (Å²) < 4.78 is 0.956. The van der Waals surface area contributed by atoms with Gasteiger partial charge in [0.25, 0.3) is 0 Å². The van der Waals surface area contributed by atoms with Crippen molar-refractivity contribution in [2.45, 2.75) is 13.3 Å². The number of rotatable bonds is 5. The van der Waals surface area contributed by atoms with Gasteiger partial charge >= 0.3 is 0 Å². The summed E-state index contributed by atoms with van der Waals surface area (Å²) in [5.74, 6) is -0.202. The van der Waals surface area contributed by atoms with Crippen LogP contribution in [0.2, 0.25) is 0 Å². The molecule has 0 aromatic heterocycles. The molecule has 0 unspecified atom stereocenters. The summed E-state index contributed by atoms with van der Waals surface area (Å²) in [5.41, 5.74) is 1.54. The van der Waals surface area contributed by atoms with E-state index in [1.807, 2.05) is 54.6 Å². The van der Waals surface area contributed by atoms with E-state index in [4.69, 9.17) is 0 Å². The lowest BCUT2D eigenvalue weighted by Crippen LogP contribution is -2.31. The van der Waals surface area contributed by atoms with Crippen LogP contribution in [-0.4, -0.2) is 18.4 Å². The Kier molecular flexibility index (Phi) is 5.72. The van der Waals surface area contributed by atoms with Crippen molar-refractivity contribution in [1.82, 2.24) is 0 Å². The molecule has 0 bridgehead atoms. The summed E-state index contributed by atoms with van der Waals surface area (Å²) in [6, 6.07) is 16.7. The zero-order valence-corrected chi connectivity index (χ0v) is 13.8. The minimum atomic E-state index is -0.121. The average Bonchev–Trinajstić information content (AvgIpc) is 2.50. The number of carbonyl (C=O) groups is 2. The zero-order chi connectivity index (χ0) is 15.9. The molecule has 0 aliphatic carbocycles. The van der Waals surface area contributed by atoms with Gasteiger partial charge in [0.05, 0.1) is 0 Å². The van der Waals surface area contributed by atoms with E-state index in [1.165, 1.54) is 6.92 Å². The number of para-hydroxylation sites is 1. The van der Waals surface area contributed by atoms with E-state index in [0.29, 0.717) is 6.54 Å². The van der Waals surface area contributed by atoms with Crippen LogP contribution in [0.25, 0.3) is 0 Å². The number of halogens is 1. The number of anilines is 2. The molecule has 2 aromatic rings. The Morgan fingerprint density at radius 3 is 2.27 bits per heavy atom. The lowest BCUT2D eigenvalue weighted by molar-refractivity contribution is -0.117. The van der Waals surface area contributed by atoms with Crippen molar-refractivity contribution in [3.05, 3.63) is 59.1 Å². The Morgan fingerprint density at radius 1 is 1.05 bits per heavy atom. The molecule has 0 aliphatic heterocycles. The first kappa shape index (κ1) is 16.2. The number of hydrogen-bond acceptors (Lipinski definition) is 2. The number of nitrogens with one attached hydrogen (secondary N) is 1. The highest BCUT2D eigenvalue weighted by Gasteiger charge is 2.13. The Balaban J connectivity index is 1.93. The first-order chi connectivity index (χ1) is 10.6. The van der Waals surface area contributed by atoms with Crippen LogP contribution in [0.1, 0.15) is 13.3 Å². The van der Waals surface area contributed by atoms with Gasteiger partial charge < -0.3 is 10.2 Å². The van der Waals surface area contributed by atoms with E-state index in [-0.39, 0.29) is 18.2 Å². The van der Waals surface area contributed by atoms with Crippen molar-refractivity contribution in [3.8, 4) is 0 Å². The third kappa shape index (κ3) is 4.70. The molecule has 0 fully saturated rings. The first-order valence-corrected chi connectivity index (χ1v) is 7.74. The fraction of sp³-hybridized carbons (Fsp3) is 0.176. The highest BCUT2D eigenvalue weighted by Crippen LogP contribution is 2.16. The second-order valence-corrected chi connectivity index (χ2v) is 5.73. The van der Waals surface area contributed by atoms with Crippen molar-refractivity contribution in [1.29, 1.82) is 0 Å². The molecule has 2 rings (SSSR count). The molecule has 1 N–H and O–H groups in total. The summed E-state index contributed by atoms with van der Waals surface area (Å²) in [6.45, 7) is 1.85. The molecule has 2 aromatic carbocycles. The van der Waals surface area contributed by atoms with Crippen molar-refractivity contribution >= 4 is 39.1 Å². The molecule has 0 radical (unpaired) electrons. The second-order valence-electron chi connectivity index (χ2n) is 4.81. The van der Waals surface area contributed by atoms with Crippen molar-refractivity contribution < 1.29 is 9.59 Å². The van der Waals surface area contributed by atoms with Gasteiger partial charge in [-0.25, -0.2) is 0 Å². The number of amides is 2. The molecule has 114 valence electrons. The average molecular weight is 361 g/mol. The van der Waals surface area contributed by atoms with E-state index in [1.54, 1.807) is 4.90 Å². The smallest absolute Gasteiger partial charge is 0.226 e. The predicted molar refractivity (Wildman–Crippen MR) is 91.9 cm³/mol. The Labute approximate surface area is 138 Å². The molecule has 0 atom stereocenters. The normalized spacial score (nSPS) is 10.1. The minimum absolute atomic E-state index is 0.0809. The topological polar surface area (TPSA) is 49.4 Å². The lowest BCUT2D eigenvalue weighted by Gasteiger charge is -2.20. The van der Waals surface area contributed by atoms with Crippen molar-refractivity contribution in [2.75, 3.05) is 16.8 Å². The Bertz CT molecular complexity index is 641. The Hall–Kier alpha value is -2.14. The second kappa shape index (κ2) is 7.75. The van der Waals surface area contributed by atoms with Gasteiger partial charge in [0.15, 0.2) is 0 Å². The SMILES string of the molecule is CC(=O)N(CCC(=O)Nc1ccc(Br)cc1)c1ccccc1. The summed E-state index contributed by atoms with van der Waals surface area (Å²) in [7, 11) is 0. The number of benzene rings is 2. The number of carbonyl (C=O) groups excluding carboxylic acids is 2. The van der Waals surface area contributed by atoms with Crippen molar-refractivity contribution in [3.63, 3.8) is 0 Å². The van der Waals surface area contributed by atoms with Gasteiger partial charge in [0, 0.05) is 35.7 Å². The maximum atomic E-state index is 12.0. The maximum Gasteiger partial charge on any atom is 0.226 e. The van der Waals surface area contributed by atoms with Gasteiger partial charge in [-0.05, 0) is 36.4 Å². The maximum absolute atomic E-state index is 12.0. The fourth-order valence-electron chi connectivity index (χ4n) is 2.05. The molecular formula is C17H17BrN2O2. The molecular weight excluding hydrogens is 344 g/mol. The van der Waals surface area contributed by atoms with Crippen LogP contribution in [0.5, 0.6) is 0 Å². The molecule has 22 heavy (non-hydrogen) atoms. The van der Waals surface area contributed by atoms with Gasteiger partial charge in [0.2, 0.25) is 11.8 Å². The summed E-state index contributed by atoms with van der Waals surface area (Å²) in [6.07, 6.45) is 0.241. The number of nitrogens with zero attached hydrogens (tertiary/aromatic N) is 1. The monoisotopic (exact) mass is 360 g/mol. The van der Waals surface area contributed by atoms with Crippen LogP contribution in [0, 0.1) is 0 Å². The number of hydrogen-bond donors (Lipinski definition) is 1. The summed E-state index contributed by atoms with van der Waals surface area (Å²) in [5, 5.41) is 2.82. The highest BCUT2D eigenvalue weighted by molar-refractivity contribution is 9.10. The molecule has 0 spiro atoms. The third-order valence-corrected chi connectivity index (χ3v) is 3.67. The van der Waals surface area contributed by atoms with Crippen molar-refractivity contribution in [2.24, 2.45) is 0 Å². The van der Waals surface area contributed by atoms with Crippen LogP contribution in [0.15, 0.2) is 59.1 Å². The third-order valence-electron chi connectivity index (χ3n) is 3.14. The largest absolute Gasteiger partial charge is 0.326 e. The van der Waals surface area contributed by atoms with Crippen LogP contribution in [0.3, 0.4) is 0 Å². The first-order valence-electron chi connectivity index (χ1n) is 6.95. The molecule has 0 aliphatic rings. The zero-order valence-electron chi connectivity index (χ0n) is 12.3. The highest BCUT2D eigenvalue weighted by atomic mass is 79.9. The van der Waals surface area contributed by atoms with Gasteiger partial charge in [-0.3, -0.25) is 9.59 Å². The summed E-state index contributed by atoms with van der Waals surface area (Å²) in [4.78, 5) is 25.3. The molecule has 0 saturated heterocycles. The molecule has 2 amide bonds. The van der Waals surface area contributed by atoms with E-state index < -0.39 is 0 Å². The molecule has 0 saturated carbocycles. The fourth-order valence-corrected chi connectivity index (χ4v) is 2.31. The quantitative estimate of drug-likeness (QED) is 0.880. The van der Waals surface area contributed by atoms with Gasteiger partial charge in [-0.2, -0.15) is 0 Å². The summed E-state index contributed by atoms with van der Waals surface area (Å²) >= 11 is 3.35. The van der Waals surface area contributed by atoms with Crippen LogP contribution >= 0.6 is 15.9 Å². The van der Waals surface area contributed by atoms with Gasteiger partial charge in [0.1, 0.15) is 0 Å². The van der Waals surface area contributed by atoms with E-state index >= 15 is 0 Å². The van der Waals surface area contributed by atoms with E-state index in [0.717, 1.165) is 15.8 Å². The van der Waals surface area contributed by atoms with E-state index in [9.17, 15) is 9.59 Å². The van der Waals surface area contributed by atoms with Crippen LogP contribution < -0.4 is 10.2 Å². The standard InChI is InChI=1S/C17H17BrN2O2/c1-13(21)20(16-5-3-2-4-6-16)12-11-17(22)19-15-9-7-14(18)8-10-15/h2-10H,11-12H2,1H3,(H,19,22). The van der Waals surface area contributed by atoms with E-state index in [2.05, 4.69) is 21.2 Å². The molecule has 5 heteroatoms.